The minimum Gasteiger partial charge on any atom is -0.322 e. The van der Waals surface area contributed by atoms with Crippen molar-refractivity contribution >= 4 is 23.1 Å². The van der Waals surface area contributed by atoms with Crippen LogP contribution >= 0.6 is 23.1 Å². The maximum Gasteiger partial charge on any atom is 0.110 e. The molecule has 0 amide bonds. The number of hydrogen-bond donors (Lipinski definition) is 1. The summed E-state index contributed by atoms with van der Waals surface area (Å²) in [6.45, 7) is 4.07. The Hall–Kier alpha value is -0.840. The predicted molar refractivity (Wildman–Crippen MR) is 76.7 cm³/mol. The second kappa shape index (κ2) is 5.21. The summed E-state index contributed by atoms with van der Waals surface area (Å²) in [5.74, 6) is 0. The average molecular weight is 264 g/mol. The van der Waals surface area contributed by atoms with E-state index in [4.69, 9.17) is 5.73 Å². The van der Waals surface area contributed by atoms with Gasteiger partial charge in [0.05, 0.1) is 11.7 Å². The molecule has 1 atom stereocenters. The molecule has 0 radical (unpaired) electrons. The molecule has 1 aromatic carbocycles. The van der Waals surface area contributed by atoms with Crippen molar-refractivity contribution in [2.45, 2.75) is 24.8 Å². The number of nitrogens with two attached hydrogens (primary N) is 1. The van der Waals surface area contributed by atoms with Crippen LogP contribution in [0, 0.1) is 6.92 Å². The fraction of sp³-hybridized carbons (Fsp3) is 0.308. The molecule has 2 aromatic rings. The van der Waals surface area contributed by atoms with Crippen LogP contribution in [0.4, 0.5) is 0 Å². The zero-order valence-corrected chi connectivity index (χ0v) is 11.9. The number of aromatic nitrogens is 1. The van der Waals surface area contributed by atoms with Gasteiger partial charge in [0, 0.05) is 15.8 Å². The standard InChI is InChI=1S/C13H16N2S2/c1-8-4-5-12(16-3)10(6-8)11-7-17-13(15-11)9(2)14/h4-7,9H,14H2,1-3H3. The molecule has 1 aromatic heterocycles. The Morgan fingerprint density at radius 3 is 2.76 bits per heavy atom. The Morgan fingerprint density at radius 2 is 2.18 bits per heavy atom. The van der Waals surface area contributed by atoms with Gasteiger partial charge in [-0.3, -0.25) is 0 Å². The normalized spacial score (nSPS) is 12.7. The average Bonchev–Trinajstić information content (AvgIpc) is 2.78. The molecule has 0 fully saturated rings. The molecular weight excluding hydrogens is 248 g/mol. The zero-order chi connectivity index (χ0) is 12.4. The van der Waals surface area contributed by atoms with Crippen LogP contribution in [0.1, 0.15) is 23.5 Å². The molecule has 0 saturated carbocycles. The fourth-order valence-corrected chi connectivity index (χ4v) is 3.01. The molecule has 0 aliphatic rings. The third-order valence-electron chi connectivity index (χ3n) is 2.54. The largest absolute Gasteiger partial charge is 0.322 e. The highest BCUT2D eigenvalue weighted by Crippen LogP contribution is 2.32. The summed E-state index contributed by atoms with van der Waals surface area (Å²) in [7, 11) is 0. The summed E-state index contributed by atoms with van der Waals surface area (Å²) in [4.78, 5) is 5.87. The number of thioether (sulfide) groups is 1. The molecular formula is C13H16N2S2. The lowest BCUT2D eigenvalue weighted by Crippen LogP contribution is -2.03. The minimum atomic E-state index is 0.0105. The first-order valence-electron chi connectivity index (χ1n) is 5.48. The molecule has 0 bridgehead atoms. The van der Waals surface area contributed by atoms with Gasteiger partial charge in [0.1, 0.15) is 5.01 Å². The van der Waals surface area contributed by atoms with Crippen LogP contribution in [0.2, 0.25) is 0 Å². The molecule has 0 aliphatic heterocycles. The number of aryl methyl sites for hydroxylation is 1. The van der Waals surface area contributed by atoms with Gasteiger partial charge in [-0.2, -0.15) is 0 Å². The summed E-state index contributed by atoms with van der Waals surface area (Å²) in [6.07, 6.45) is 2.09. The molecule has 2 N–H and O–H groups in total. The number of nitrogens with zero attached hydrogens (tertiary/aromatic N) is 1. The Labute approximate surface area is 110 Å². The zero-order valence-electron chi connectivity index (χ0n) is 10.2. The van der Waals surface area contributed by atoms with E-state index in [9.17, 15) is 0 Å². The van der Waals surface area contributed by atoms with Gasteiger partial charge in [-0.1, -0.05) is 11.6 Å². The van der Waals surface area contributed by atoms with Crippen LogP contribution in [-0.4, -0.2) is 11.2 Å². The van der Waals surface area contributed by atoms with Gasteiger partial charge in [0.2, 0.25) is 0 Å². The lowest BCUT2D eigenvalue weighted by molar-refractivity contribution is 0.808. The van der Waals surface area contributed by atoms with Gasteiger partial charge in [-0.15, -0.1) is 23.1 Å². The molecule has 90 valence electrons. The van der Waals surface area contributed by atoms with Crippen LogP contribution in [0.5, 0.6) is 0 Å². The van der Waals surface area contributed by atoms with Gasteiger partial charge in [0.25, 0.3) is 0 Å². The summed E-state index contributed by atoms with van der Waals surface area (Å²) >= 11 is 3.38. The fourth-order valence-electron chi connectivity index (χ4n) is 1.64. The smallest absolute Gasteiger partial charge is 0.110 e. The first-order valence-corrected chi connectivity index (χ1v) is 7.58. The molecule has 0 aliphatic carbocycles. The van der Waals surface area contributed by atoms with Crippen molar-refractivity contribution in [3.8, 4) is 11.3 Å². The van der Waals surface area contributed by atoms with Crippen molar-refractivity contribution in [1.82, 2.24) is 4.98 Å². The van der Waals surface area contributed by atoms with Gasteiger partial charge < -0.3 is 5.73 Å². The molecule has 4 heteroatoms. The Kier molecular flexibility index (Phi) is 3.86. The number of hydrogen-bond acceptors (Lipinski definition) is 4. The van der Waals surface area contributed by atoms with Gasteiger partial charge in [0.15, 0.2) is 0 Å². The third-order valence-corrected chi connectivity index (χ3v) is 4.38. The van der Waals surface area contributed by atoms with E-state index in [0.717, 1.165) is 10.7 Å². The lowest BCUT2D eigenvalue weighted by Gasteiger charge is -2.06. The second-order valence-electron chi connectivity index (χ2n) is 4.06. The quantitative estimate of drug-likeness (QED) is 0.856. The van der Waals surface area contributed by atoms with E-state index in [1.807, 2.05) is 6.92 Å². The molecule has 1 unspecified atom stereocenters. The molecule has 0 spiro atoms. The first kappa shape index (κ1) is 12.6. The van der Waals surface area contributed by atoms with Crippen molar-refractivity contribution in [2.75, 3.05) is 6.26 Å². The van der Waals surface area contributed by atoms with Gasteiger partial charge >= 0.3 is 0 Å². The summed E-state index contributed by atoms with van der Waals surface area (Å²) in [5.41, 5.74) is 9.35. The van der Waals surface area contributed by atoms with E-state index in [2.05, 4.69) is 41.7 Å². The molecule has 0 saturated heterocycles. The van der Waals surface area contributed by atoms with Crippen LogP contribution in [0.15, 0.2) is 28.5 Å². The topological polar surface area (TPSA) is 38.9 Å². The summed E-state index contributed by atoms with van der Waals surface area (Å²) in [5, 5.41) is 3.08. The van der Waals surface area contributed by atoms with Crippen LogP contribution in [0.25, 0.3) is 11.3 Å². The molecule has 1 heterocycles. The van der Waals surface area contributed by atoms with Crippen LogP contribution < -0.4 is 5.73 Å². The van der Waals surface area contributed by atoms with E-state index < -0.39 is 0 Å². The highest BCUT2D eigenvalue weighted by molar-refractivity contribution is 7.98. The predicted octanol–water partition coefficient (Wildman–Crippen LogP) is 3.86. The maximum absolute atomic E-state index is 5.85. The highest BCUT2D eigenvalue weighted by Gasteiger charge is 2.11. The summed E-state index contributed by atoms with van der Waals surface area (Å²) in [6, 6.07) is 6.48. The molecule has 17 heavy (non-hydrogen) atoms. The van der Waals surface area contributed by atoms with E-state index in [1.165, 1.54) is 16.0 Å². The maximum atomic E-state index is 5.85. The minimum absolute atomic E-state index is 0.0105. The number of thiazole rings is 1. The Morgan fingerprint density at radius 1 is 1.41 bits per heavy atom. The molecule has 2 nitrogen and oxygen atoms in total. The monoisotopic (exact) mass is 264 g/mol. The van der Waals surface area contributed by atoms with E-state index in [1.54, 1.807) is 23.1 Å². The second-order valence-corrected chi connectivity index (χ2v) is 5.80. The lowest BCUT2D eigenvalue weighted by atomic mass is 10.1. The highest BCUT2D eigenvalue weighted by atomic mass is 32.2. The van der Waals surface area contributed by atoms with E-state index in [0.29, 0.717) is 0 Å². The Bertz CT molecular complexity index is 518. The third kappa shape index (κ3) is 2.70. The molecule has 2 rings (SSSR count). The van der Waals surface area contributed by atoms with Crippen LogP contribution in [0.3, 0.4) is 0 Å². The van der Waals surface area contributed by atoms with Crippen molar-refractivity contribution in [1.29, 1.82) is 0 Å². The van der Waals surface area contributed by atoms with Gasteiger partial charge in [-0.25, -0.2) is 4.98 Å². The van der Waals surface area contributed by atoms with Crippen molar-refractivity contribution in [3.05, 3.63) is 34.2 Å². The number of rotatable bonds is 3. The SMILES string of the molecule is CSc1ccc(C)cc1-c1csc(C(C)N)n1. The Balaban J connectivity index is 2.47. The van der Waals surface area contributed by atoms with Crippen LogP contribution in [-0.2, 0) is 0 Å². The van der Waals surface area contributed by atoms with E-state index in [-0.39, 0.29) is 6.04 Å². The van der Waals surface area contributed by atoms with Crippen molar-refractivity contribution in [2.24, 2.45) is 5.73 Å². The van der Waals surface area contributed by atoms with Gasteiger partial charge in [-0.05, 0) is 32.2 Å². The van der Waals surface area contributed by atoms with Crippen molar-refractivity contribution < 1.29 is 0 Å². The number of benzene rings is 1. The summed E-state index contributed by atoms with van der Waals surface area (Å²) < 4.78 is 0. The first-order chi connectivity index (χ1) is 8.11. The van der Waals surface area contributed by atoms with Crippen molar-refractivity contribution in [3.63, 3.8) is 0 Å². The van der Waals surface area contributed by atoms with E-state index >= 15 is 0 Å².